The molecule has 7 nitrogen and oxygen atoms in total. The molecule has 0 saturated carbocycles. The number of primary sulfonamides is 1. The predicted molar refractivity (Wildman–Crippen MR) is 108 cm³/mol. The molecule has 4 N–H and O–H groups in total. The molecule has 0 atom stereocenters. The Kier molecular flexibility index (Phi) is 4.71. The Morgan fingerprint density at radius 2 is 1.89 bits per heavy atom. The van der Waals surface area contributed by atoms with Crippen LogP contribution < -0.4 is 10.5 Å². The number of thiazole rings is 1. The number of carbonyl (C=O) groups excluding carboxylic acids is 1. The van der Waals surface area contributed by atoms with E-state index in [1.54, 1.807) is 17.5 Å². The van der Waals surface area contributed by atoms with E-state index in [0.29, 0.717) is 5.69 Å². The van der Waals surface area contributed by atoms with Gasteiger partial charge in [-0.2, -0.15) is 0 Å². The van der Waals surface area contributed by atoms with Crippen molar-refractivity contribution in [3.63, 3.8) is 0 Å². The fraction of sp³-hybridized carbons (Fsp3) is 0.0526. The van der Waals surface area contributed by atoms with Gasteiger partial charge in [0.05, 0.1) is 10.6 Å². The van der Waals surface area contributed by atoms with Gasteiger partial charge >= 0.3 is 0 Å². The minimum atomic E-state index is -3.73. The molecule has 0 unspecified atom stereocenters. The molecule has 2 aromatic heterocycles. The topological polar surface area (TPSA) is 118 Å². The Hall–Kier alpha value is -3.01. The number of hydrogen-bond donors (Lipinski definition) is 3. The third kappa shape index (κ3) is 3.81. The van der Waals surface area contributed by atoms with Crippen LogP contribution in [0, 0.1) is 0 Å². The third-order valence-corrected chi connectivity index (χ3v) is 6.01. The first-order chi connectivity index (χ1) is 13.4. The summed E-state index contributed by atoms with van der Waals surface area (Å²) in [5.74, 6) is -0.297. The summed E-state index contributed by atoms with van der Waals surface area (Å²) in [7, 11) is -3.73. The molecule has 9 heteroatoms. The van der Waals surface area contributed by atoms with E-state index in [1.807, 2.05) is 30.3 Å². The number of nitrogens with two attached hydrogens (primary N) is 1. The summed E-state index contributed by atoms with van der Waals surface area (Å²) in [5.41, 5.74) is 2.97. The molecule has 2 aromatic carbocycles. The van der Waals surface area contributed by atoms with Gasteiger partial charge in [0.2, 0.25) is 10.0 Å². The number of H-pyrrole nitrogens is 1. The average molecular weight is 412 g/mol. The number of hydrogen-bond acceptors (Lipinski definition) is 5. The standard InChI is InChI=1S/C19H16N4O3S2/c20-28(25,26)14-7-5-12(6-8-14)10-21-18(24)17-11-27-19(23-17)16-9-13-3-1-2-4-15(13)22-16/h1-9,11,22H,10H2,(H,21,24)(H2,20,25,26). The van der Waals surface area contributed by atoms with Gasteiger partial charge in [0, 0.05) is 22.8 Å². The van der Waals surface area contributed by atoms with Gasteiger partial charge in [-0.15, -0.1) is 11.3 Å². The quantitative estimate of drug-likeness (QED) is 0.467. The van der Waals surface area contributed by atoms with E-state index in [1.165, 1.54) is 23.5 Å². The van der Waals surface area contributed by atoms with E-state index in [-0.39, 0.29) is 17.3 Å². The van der Waals surface area contributed by atoms with Crippen LogP contribution in [0.1, 0.15) is 16.1 Å². The van der Waals surface area contributed by atoms with Crippen molar-refractivity contribution in [1.29, 1.82) is 0 Å². The number of carbonyl (C=O) groups is 1. The Bertz CT molecular complexity index is 1220. The Balaban J connectivity index is 1.44. The zero-order valence-corrected chi connectivity index (χ0v) is 16.2. The van der Waals surface area contributed by atoms with Gasteiger partial charge in [-0.3, -0.25) is 4.79 Å². The Morgan fingerprint density at radius 1 is 1.14 bits per heavy atom. The van der Waals surface area contributed by atoms with Crippen LogP contribution in [0.4, 0.5) is 0 Å². The van der Waals surface area contributed by atoms with Crippen LogP contribution in [-0.2, 0) is 16.6 Å². The summed E-state index contributed by atoms with van der Waals surface area (Å²) in [6, 6.07) is 16.0. The molecule has 142 valence electrons. The van der Waals surface area contributed by atoms with Crippen LogP contribution >= 0.6 is 11.3 Å². The van der Waals surface area contributed by atoms with E-state index in [4.69, 9.17) is 5.14 Å². The third-order valence-electron chi connectivity index (χ3n) is 4.20. The highest BCUT2D eigenvalue weighted by Crippen LogP contribution is 2.26. The van der Waals surface area contributed by atoms with Crippen molar-refractivity contribution < 1.29 is 13.2 Å². The molecule has 0 aliphatic heterocycles. The van der Waals surface area contributed by atoms with E-state index in [9.17, 15) is 13.2 Å². The second kappa shape index (κ2) is 7.19. The fourth-order valence-corrected chi connectivity index (χ4v) is 4.05. The van der Waals surface area contributed by atoms with Crippen LogP contribution in [0.3, 0.4) is 0 Å². The lowest BCUT2D eigenvalue weighted by Crippen LogP contribution is -2.23. The highest BCUT2D eigenvalue weighted by atomic mass is 32.2. The van der Waals surface area contributed by atoms with E-state index >= 15 is 0 Å². The second-order valence-corrected chi connectivity index (χ2v) is 8.60. The molecule has 2 heterocycles. The average Bonchev–Trinajstić information content (AvgIpc) is 3.32. The van der Waals surface area contributed by atoms with Crippen LogP contribution in [0.2, 0.25) is 0 Å². The molecule has 0 aliphatic rings. The number of para-hydroxylation sites is 1. The normalized spacial score (nSPS) is 11.6. The van der Waals surface area contributed by atoms with Crippen LogP contribution in [0.15, 0.2) is 64.9 Å². The van der Waals surface area contributed by atoms with Crippen molar-refractivity contribution in [2.75, 3.05) is 0 Å². The number of sulfonamides is 1. The first-order valence-corrected chi connectivity index (χ1v) is 10.8. The molecule has 4 rings (SSSR count). The van der Waals surface area contributed by atoms with E-state index < -0.39 is 10.0 Å². The minimum absolute atomic E-state index is 0.0325. The van der Waals surface area contributed by atoms with Gasteiger partial charge in [-0.1, -0.05) is 30.3 Å². The lowest BCUT2D eigenvalue weighted by molar-refractivity contribution is 0.0946. The van der Waals surface area contributed by atoms with Crippen LogP contribution in [0.25, 0.3) is 21.6 Å². The Labute approximate surface area is 165 Å². The number of fused-ring (bicyclic) bond motifs is 1. The fourth-order valence-electron chi connectivity index (χ4n) is 2.76. The first-order valence-electron chi connectivity index (χ1n) is 8.34. The smallest absolute Gasteiger partial charge is 0.271 e. The highest BCUT2D eigenvalue weighted by Gasteiger charge is 2.13. The number of rotatable bonds is 5. The molecule has 1 amide bonds. The second-order valence-electron chi connectivity index (χ2n) is 6.18. The molecule has 0 aliphatic carbocycles. The summed E-state index contributed by atoms with van der Waals surface area (Å²) < 4.78 is 22.5. The molecular weight excluding hydrogens is 396 g/mol. The number of aromatic amines is 1. The van der Waals surface area contributed by atoms with Crippen LogP contribution in [-0.4, -0.2) is 24.3 Å². The highest BCUT2D eigenvalue weighted by molar-refractivity contribution is 7.89. The predicted octanol–water partition coefficient (Wildman–Crippen LogP) is 2.87. The van der Waals surface area contributed by atoms with Gasteiger partial charge in [0.15, 0.2) is 0 Å². The minimum Gasteiger partial charge on any atom is -0.353 e. The number of nitrogens with zero attached hydrogens (tertiary/aromatic N) is 1. The molecule has 4 aromatic rings. The largest absolute Gasteiger partial charge is 0.353 e. The molecular formula is C19H16N4O3S2. The summed E-state index contributed by atoms with van der Waals surface area (Å²) in [4.78, 5) is 20.1. The lowest BCUT2D eigenvalue weighted by Gasteiger charge is -2.04. The summed E-state index contributed by atoms with van der Waals surface area (Å²) in [5, 5.41) is 11.4. The Morgan fingerprint density at radius 3 is 2.61 bits per heavy atom. The van der Waals surface area contributed by atoms with Gasteiger partial charge < -0.3 is 10.3 Å². The summed E-state index contributed by atoms with van der Waals surface area (Å²) in [6.45, 7) is 0.253. The summed E-state index contributed by atoms with van der Waals surface area (Å²) in [6.07, 6.45) is 0. The molecule has 0 spiro atoms. The van der Waals surface area contributed by atoms with Gasteiger partial charge in [-0.25, -0.2) is 18.5 Å². The number of nitrogens with one attached hydrogen (secondary N) is 2. The SMILES string of the molecule is NS(=O)(=O)c1ccc(CNC(=O)c2csc(-c3cc4ccccc4[nH]3)n2)cc1. The van der Waals surface area contributed by atoms with Crippen molar-refractivity contribution >= 4 is 38.2 Å². The van der Waals surface area contributed by atoms with Crippen LogP contribution in [0.5, 0.6) is 0 Å². The first kappa shape index (κ1) is 18.4. The molecule has 28 heavy (non-hydrogen) atoms. The number of aromatic nitrogens is 2. The summed E-state index contributed by atoms with van der Waals surface area (Å²) >= 11 is 1.39. The van der Waals surface area contributed by atoms with Crippen molar-refractivity contribution in [2.24, 2.45) is 5.14 Å². The lowest BCUT2D eigenvalue weighted by atomic mass is 10.2. The number of benzene rings is 2. The van der Waals surface area contributed by atoms with Crippen molar-refractivity contribution in [2.45, 2.75) is 11.4 Å². The molecule has 0 fully saturated rings. The van der Waals surface area contributed by atoms with E-state index in [0.717, 1.165) is 27.2 Å². The van der Waals surface area contributed by atoms with Crippen molar-refractivity contribution in [3.8, 4) is 10.7 Å². The maximum Gasteiger partial charge on any atom is 0.271 e. The zero-order valence-electron chi connectivity index (χ0n) is 14.5. The van der Waals surface area contributed by atoms with Gasteiger partial charge in [0.1, 0.15) is 10.7 Å². The number of amides is 1. The molecule has 0 saturated heterocycles. The molecule has 0 bridgehead atoms. The van der Waals surface area contributed by atoms with Crippen molar-refractivity contribution in [3.05, 3.63) is 71.2 Å². The van der Waals surface area contributed by atoms with Gasteiger partial charge in [-0.05, 0) is 29.8 Å². The van der Waals surface area contributed by atoms with Crippen molar-refractivity contribution in [1.82, 2.24) is 15.3 Å². The van der Waals surface area contributed by atoms with Gasteiger partial charge in [0.25, 0.3) is 5.91 Å². The maximum absolute atomic E-state index is 12.4. The molecule has 0 radical (unpaired) electrons. The maximum atomic E-state index is 12.4. The zero-order chi connectivity index (χ0) is 19.7. The monoisotopic (exact) mass is 412 g/mol. The van der Waals surface area contributed by atoms with E-state index in [2.05, 4.69) is 15.3 Å².